The summed E-state index contributed by atoms with van der Waals surface area (Å²) < 4.78 is 15.6. The van der Waals surface area contributed by atoms with Crippen molar-refractivity contribution in [3.63, 3.8) is 0 Å². The maximum atomic E-state index is 12.5. The molecule has 142 valence electrons. The number of rotatable bonds is 7. The molecule has 0 spiro atoms. The molecule has 2 aromatic carbocycles. The minimum absolute atomic E-state index is 0.372. The molecule has 1 aliphatic rings. The normalized spacial score (nSPS) is 14.2. The predicted molar refractivity (Wildman–Crippen MR) is 101 cm³/mol. The number of benzene rings is 2. The summed E-state index contributed by atoms with van der Waals surface area (Å²) in [5.74, 6) is 0.212. The van der Waals surface area contributed by atoms with Gasteiger partial charge in [0, 0.05) is 11.1 Å². The molecule has 6 nitrogen and oxygen atoms in total. The number of anilines is 1. The number of nitrogens with one attached hydrogen (secondary N) is 1. The van der Waals surface area contributed by atoms with E-state index in [0.29, 0.717) is 35.1 Å². The largest absolute Gasteiger partial charge is 0.497 e. The minimum atomic E-state index is -0.664. The Labute approximate surface area is 162 Å². The van der Waals surface area contributed by atoms with Crippen molar-refractivity contribution in [3.05, 3.63) is 53.1 Å². The van der Waals surface area contributed by atoms with Crippen molar-refractivity contribution in [3.8, 4) is 11.5 Å². The summed E-state index contributed by atoms with van der Waals surface area (Å²) in [6, 6.07) is 12.1. The van der Waals surface area contributed by atoms with Gasteiger partial charge in [0.25, 0.3) is 5.91 Å². The van der Waals surface area contributed by atoms with Gasteiger partial charge in [-0.3, -0.25) is 9.59 Å². The summed E-state index contributed by atoms with van der Waals surface area (Å²) in [4.78, 5) is 24.7. The lowest BCUT2D eigenvalue weighted by Crippen LogP contribution is -2.28. The summed E-state index contributed by atoms with van der Waals surface area (Å²) in [5.41, 5.74) is 0.662. The van der Waals surface area contributed by atoms with Gasteiger partial charge in [-0.1, -0.05) is 23.7 Å². The number of ether oxygens (including phenoxy) is 3. The highest BCUT2D eigenvalue weighted by Gasteiger charge is 2.52. The Morgan fingerprint density at radius 1 is 1.07 bits per heavy atom. The zero-order valence-electron chi connectivity index (χ0n) is 15.1. The lowest BCUT2D eigenvalue weighted by atomic mass is 9.96. The first-order chi connectivity index (χ1) is 13.0. The van der Waals surface area contributed by atoms with Crippen molar-refractivity contribution in [2.75, 3.05) is 26.1 Å². The first kappa shape index (κ1) is 19.0. The number of carbonyl (C=O) groups is 2. The highest BCUT2D eigenvalue weighted by molar-refractivity contribution is 6.30. The molecule has 1 fully saturated rings. The van der Waals surface area contributed by atoms with Gasteiger partial charge in [0.2, 0.25) is 0 Å². The third-order valence-corrected chi connectivity index (χ3v) is 4.81. The van der Waals surface area contributed by atoms with Gasteiger partial charge in [0.15, 0.2) is 6.61 Å². The number of hydrogen-bond acceptors (Lipinski definition) is 5. The zero-order valence-corrected chi connectivity index (χ0v) is 15.8. The van der Waals surface area contributed by atoms with Crippen LogP contribution in [0.15, 0.2) is 42.5 Å². The smallest absolute Gasteiger partial charge is 0.317 e. The van der Waals surface area contributed by atoms with E-state index in [4.69, 9.17) is 25.8 Å². The van der Waals surface area contributed by atoms with Crippen LogP contribution in [0.2, 0.25) is 5.02 Å². The molecule has 0 bridgehead atoms. The fourth-order valence-corrected chi connectivity index (χ4v) is 2.99. The molecule has 7 heteroatoms. The Bertz CT molecular complexity index is 846. The summed E-state index contributed by atoms with van der Waals surface area (Å²) in [5, 5.41) is 3.28. The first-order valence-electron chi connectivity index (χ1n) is 8.43. The average molecular weight is 390 g/mol. The first-order valence-corrected chi connectivity index (χ1v) is 8.81. The molecule has 0 atom stereocenters. The number of hydrogen-bond donors (Lipinski definition) is 1. The lowest BCUT2D eigenvalue weighted by Gasteiger charge is -2.15. The van der Waals surface area contributed by atoms with E-state index >= 15 is 0 Å². The van der Waals surface area contributed by atoms with Gasteiger partial charge < -0.3 is 19.5 Å². The molecular weight excluding hydrogens is 370 g/mol. The van der Waals surface area contributed by atoms with E-state index in [0.717, 1.165) is 5.56 Å². The monoisotopic (exact) mass is 389 g/mol. The van der Waals surface area contributed by atoms with Crippen molar-refractivity contribution in [1.29, 1.82) is 0 Å². The van der Waals surface area contributed by atoms with Crippen LogP contribution in [0.25, 0.3) is 0 Å². The Morgan fingerprint density at radius 2 is 1.78 bits per heavy atom. The molecule has 0 aliphatic heterocycles. The molecule has 1 N–H and O–H groups in total. The molecular formula is C20H20ClNO5. The standard InChI is InChI=1S/C20H20ClNO5/c1-25-15-7-8-16(17(11-15)26-2)22-18(23)12-27-19(24)20(9-10-20)13-3-5-14(21)6-4-13/h3-8,11H,9-10,12H2,1-2H3,(H,22,23). The quantitative estimate of drug-likeness (QED) is 0.733. The van der Waals surface area contributed by atoms with Crippen molar-refractivity contribution in [1.82, 2.24) is 0 Å². The van der Waals surface area contributed by atoms with Gasteiger partial charge in [-0.25, -0.2) is 0 Å². The third kappa shape index (κ3) is 4.17. The second-order valence-corrected chi connectivity index (χ2v) is 6.72. The summed E-state index contributed by atoms with van der Waals surface area (Å²) in [7, 11) is 3.04. The maximum absolute atomic E-state index is 12.5. The van der Waals surface area contributed by atoms with Gasteiger partial charge in [0.05, 0.1) is 25.3 Å². The van der Waals surface area contributed by atoms with E-state index in [2.05, 4.69) is 5.32 Å². The Hall–Kier alpha value is -2.73. The molecule has 1 saturated carbocycles. The fraction of sp³-hybridized carbons (Fsp3) is 0.300. The van der Waals surface area contributed by atoms with Crippen LogP contribution in [-0.4, -0.2) is 32.7 Å². The molecule has 3 rings (SSSR count). The third-order valence-electron chi connectivity index (χ3n) is 4.55. The van der Waals surface area contributed by atoms with Gasteiger partial charge in [-0.05, 0) is 42.7 Å². The van der Waals surface area contributed by atoms with Crippen LogP contribution in [0, 0.1) is 0 Å². The molecule has 0 heterocycles. The Kier molecular flexibility index (Phi) is 5.56. The summed E-state index contributed by atoms with van der Waals surface area (Å²) in [6.45, 7) is -0.372. The second-order valence-electron chi connectivity index (χ2n) is 6.28. The predicted octanol–water partition coefficient (Wildman–Crippen LogP) is 3.57. The number of methoxy groups -OCH3 is 2. The molecule has 0 radical (unpaired) electrons. The van der Waals surface area contributed by atoms with E-state index in [1.54, 1.807) is 37.4 Å². The topological polar surface area (TPSA) is 73.9 Å². The highest BCUT2D eigenvalue weighted by Crippen LogP contribution is 2.49. The van der Waals surface area contributed by atoms with Gasteiger partial charge in [0.1, 0.15) is 11.5 Å². The van der Waals surface area contributed by atoms with Gasteiger partial charge in [-0.15, -0.1) is 0 Å². The summed E-state index contributed by atoms with van der Waals surface area (Å²) >= 11 is 5.90. The molecule has 0 aromatic heterocycles. The average Bonchev–Trinajstić information content (AvgIpc) is 3.49. The highest BCUT2D eigenvalue weighted by atomic mass is 35.5. The zero-order chi connectivity index (χ0) is 19.4. The number of halogens is 1. The van der Waals surface area contributed by atoms with E-state index in [1.807, 2.05) is 12.1 Å². The van der Waals surface area contributed by atoms with Crippen LogP contribution in [0.4, 0.5) is 5.69 Å². The molecule has 1 amide bonds. The van der Waals surface area contributed by atoms with Gasteiger partial charge >= 0.3 is 5.97 Å². The van der Waals surface area contributed by atoms with Crippen LogP contribution < -0.4 is 14.8 Å². The van der Waals surface area contributed by atoms with Crippen molar-refractivity contribution >= 4 is 29.2 Å². The van der Waals surface area contributed by atoms with Crippen molar-refractivity contribution in [2.24, 2.45) is 0 Å². The fourth-order valence-electron chi connectivity index (χ4n) is 2.86. The van der Waals surface area contributed by atoms with Crippen molar-refractivity contribution < 1.29 is 23.8 Å². The molecule has 2 aromatic rings. The SMILES string of the molecule is COc1ccc(NC(=O)COC(=O)C2(c3ccc(Cl)cc3)CC2)c(OC)c1. The Morgan fingerprint density at radius 3 is 2.37 bits per heavy atom. The molecule has 27 heavy (non-hydrogen) atoms. The Balaban J connectivity index is 1.59. The van der Waals surface area contributed by atoms with Gasteiger partial charge in [-0.2, -0.15) is 0 Å². The molecule has 0 saturated heterocycles. The maximum Gasteiger partial charge on any atom is 0.317 e. The van der Waals surface area contributed by atoms with E-state index in [-0.39, 0.29) is 6.61 Å². The number of amides is 1. The molecule has 1 aliphatic carbocycles. The number of esters is 1. The van der Waals surface area contributed by atoms with Crippen LogP contribution in [0.3, 0.4) is 0 Å². The van der Waals surface area contributed by atoms with Crippen LogP contribution in [-0.2, 0) is 19.7 Å². The minimum Gasteiger partial charge on any atom is -0.497 e. The van der Waals surface area contributed by atoms with Crippen LogP contribution in [0.5, 0.6) is 11.5 Å². The second kappa shape index (κ2) is 7.88. The van der Waals surface area contributed by atoms with E-state index < -0.39 is 17.3 Å². The number of carbonyl (C=O) groups excluding carboxylic acids is 2. The lowest BCUT2D eigenvalue weighted by molar-refractivity contribution is -0.150. The van der Waals surface area contributed by atoms with E-state index in [9.17, 15) is 9.59 Å². The molecule has 0 unspecified atom stereocenters. The van der Waals surface area contributed by atoms with Crippen LogP contribution >= 0.6 is 11.6 Å². The summed E-state index contributed by atoms with van der Waals surface area (Å²) in [6.07, 6.45) is 1.39. The van der Waals surface area contributed by atoms with Crippen molar-refractivity contribution in [2.45, 2.75) is 18.3 Å². The van der Waals surface area contributed by atoms with Crippen LogP contribution in [0.1, 0.15) is 18.4 Å². The van der Waals surface area contributed by atoms with E-state index in [1.165, 1.54) is 7.11 Å².